The van der Waals surface area contributed by atoms with Gasteiger partial charge in [-0.2, -0.15) is 0 Å². The molecular formula is C19H21N3O5. The number of aliphatic hydroxyl groups is 1. The van der Waals surface area contributed by atoms with Crippen LogP contribution in [-0.2, 0) is 14.4 Å². The summed E-state index contributed by atoms with van der Waals surface area (Å²) in [5.41, 5.74) is 1.62. The van der Waals surface area contributed by atoms with Crippen LogP contribution in [0.4, 0.5) is 11.4 Å². The van der Waals surface area contributed by atoms with E-state index >= 15 is 0 Å². The smallest absolute Gasteiger partial charge is 0.313 e. The molecule has 1 saturated heterocycles. The molecule has 27 heavy (non-hydrogen) atoms. The first kappa shape index (κ1) is 18.7. The fourth-order valence-corrected chi connectivity index (χ4v) is 2.87. The molecule has 1 aromatic carbocycles. The summed E-state index contributed by atoms with van der Waals surface area (Å²) in [6, 6.07) is 8.38. The van der Waals surface area contributed by atoms with Crippen molar-refractivity contribution in [2.24, 2.45) is 0 Å². The number of hydrogen-bond acceptors (Lipinski definition) is 5. The minimum Gasteiger partial charge on any atom is -0.472 e. The van der Waals surface area contributed by atoms with Crippen LogP contribution < -0.4 is 15.5 Å². The number of nitrogens with zero attached hydrogens (tertiary/aromatic N) is 1. The summed E-state index contributed by atoms with van der Waals surface area (Å²) in [5, 5.41) is 14.8. The van der Waals surface area contributed by atoms with Crippen molar-refractivity contribution in [3.8, 4) is 0 Å². The normalized spacial score (nSPS) is 15.3. The van der Waals surface area contributed by atoms with Gasteiger partial charge >= 0.3 is 11.8 Å². The van der Waals surface area contributed by atoms with Gasteiger partial charge in [0.1, 0.15) is 0 Å². The van der Waals surface area contributed by atoms with Crippen molar-refractivity contribution in [3.63, 3.8) is 0 Å². The Morgan fingerprint density at radius 1 is 1.22 bits per heavy atom. The highest BCUT2D eigenvalue weighted by molar-refractivity contribution is 6.39. The maximum atomic E-state index is 12.1. The van der Waals surface area contributed by atoms with E-state index in [1.807, 2.05) is 0 Å². The molecule has 0 bridgehead atoms. The van der Waals surface area contributed by atoms with Crippen molar-refractivity contribution in [1.82, 2.24) is 5.32 Å². The van der Waals surface area contributed by atoms with Gasteiger partial charge in [-0.05, 0) is 37.1 Å². The third-order valence-electron chi connectivity index (χ3n) is 4.33. The Kier molecular flexibility index (Phi) is 5.87. The number of benzene rings is 1. The van der Waals surface area contributed by atoms with E-state index in [9.17, 15) is 19.5 Å². The minimum atomic E-state index is -0.964. The Balaban J connectivity index is 1.56. The van der Waals surface area contributed by atoms with Crippen LogP contribution in [0.1, 0.15) is 30.9 Å². The van der Waals surface area contributed by atoms with Gasteiger partial charge in [0.2, 0.25) is 5.91 Å². The Morgan fingerprint density at radius 3 is 2.81 bits per heavy atom. The summed E-state index contributed by atoms with van der Waals surface area (Å²) < 4.78 is 4.86. The van der Waals surface area contributed by atoms with Crippen LogP contribution in [0.25, 0.3) is 0 Å². The van der Waals surface area contributed by atoms with E-state index in [1.54, 1.807) is 35.2 Å². The van der Waals surface area contributed by atoms with Gasteiger partial charge in [-0.1, -0.05) is 6.07 Å². The molecule has 1 fully saturated rings. The molecule has 142 valence electrons. The van der Waals surface area contributed by atoms with Crippen molar-refractivity contribution in [2.45, 2.75) is 25.4 Å². The molecule has 2 aromatic rings. The van der Waals surface area contributed by atoms with Crippen LogP contribution in [0.5, 0.6) is 0 Å². The molecule has 2 heterocycles. The van der Waals surface area contributed by atoms with E-state index in [2.05, 4.69) is 10.6 Å². The molecule has 0 aliphatic carbocycles. The van der Waals surface area contributed by atoms with Crippen LogP contribution in [0.3, 0.4) is 0 Å². The zero-order valence-electron chi connectivity index (χ0n) is 14.7. The van der Waals surface area contributed by atoms with Gasteiger partial charge in [0.05, 0.1) is 18.6 Å². The number of nitrogens with one attached hydrogen (secondary N) is 2. The SMILES string of the molecule is O=C(NCC(O)c1ccoc1)C(=O)Nc1cccc(N2CCCCC2=O)c1. The molecule has 0 saturated carbocycles. The number of carbonyl (C=O) groups excluding carboxylic acids is 3. The average Bonchev–Trinajstić information content (AvgIpc) is 3.21. The van der Waals surface area contributed by atoms with Gasteiger partial charge in [0.15, 0.2) is 0 Å². The highest BCUT2D eigenvalue weighted by Crippen LogP contribution is 2.23. The fourth-order valence-electron chi connectivity index (χ4n) is 2.87. The van der Waals surface area contributed by atoms with Gasteiger partial charge in [-0.3, -0.25) is 14.4 Å². The summed E-state index contributed by atoms with van der Waals surface area (Å²) in [6.45, 7) is 0.525. The summed E-state index contributed by atoms with van der Waals surface area (Å²) in [6.07, 6.45) is 4.14. The minimum absolute atomic E-state index is 0.0516. The summed E-state index contributed by atoms with van der Waals surface area (Å²) in [4.78, 5) is 37.7. The molecule has 3 amide bonds. The van der Waals surface area contributed by atoms with Crippen LogP contribution in [0.2, 0.25) is 0 Å². The van der Waals surface area contributed by atoms with E-state index in [4.69, 9.17) is 4.42 Å². The Morgan fingerprint density at radius 2 is 2.07 bits per heavy atom. The highest BCUT2D eigenvalue weighted by Gasteiger charge is 2.21. The molecule has 0 spiro atoms. The summed E-state index contributed by atoms with van der Waals surface area (Å²) in [7, 11) is 0. The van der Waals surface area contributed by atoms with Crippen molar-refractivity contribution in [1.29, 1.82) is 0 Å². The Labute approximate surface area is 156 Å². The number of anilines is 2. The second kappa shape index (κ2) is 8.50. The fraction of sp³-hybridized carbons (Fsp3) is 0.316. The zero-order chi connectivity index (χ0) is 19.2. The molecule has 8 nitrogen and oxygen atoms in total. The number of hydrogen-bond donors (Lipinski definition) is 3. The van der Waals surface area contributed by atoms with Crippen molar-refractivity contribution in [3.05, 3.63) is 48.4 Å². The first-order valence-corrected chi connectivity index (χ1v) is 8.74. The van der Waals surface area contributed by atoms with E-state index in [0.717, 1.165) is 12.8 Å². The number of aliphatic hydroxyl groups excluding tert-OH is 1. The van der Waals surface area contributed by atoms with Crippen molar-refractivity contribution in [2.75, 3.05) is 23.3 Å². The summed E-state index contributed by atoms with van der Waals surface area (Å²) >= 11 is 0. The first-order valence-electron chi connectivity index (χ1n) is 8.74. The monoisotopic (exact) mass is 371 g/mol. The third-order valence-corrected chi connectivity index (χ3v) is 4.33. The number of rotatable bonds is 5. The average molecular weight is 371 g/mol. The van der Waals surface area contributed by atoms with Gasteiger partial charge < -0.3 is 25.1 Å². The van der Waals surface area contributed by atoms with Crippen LogP contribution in [0, 0.1) is 0 Å². The molecule has 1 atom stereocenters. The topological polar surface area (TPSA) is 112 Å². The van der Waals surface area contributed by atoms with Crippen LogP contribution in [0.15, 0.2) is 47.3 Å². The van der Waals surface area contributed by atoms with Gasteiger partial charge in [-0.15, -0.1) is 0 Å². The van der Waals surface area contributed by atoms with Gasteiger partial charge in [0, 0.05) is 36.4 Å². The largest absolute Gasteiger partial charge is 0.472 e. The molecule has 1 unspecified atom stereocenters. The van der Waals surface area contributed by atoms with Crippen molar-refractivity contribution >= 4 is 29.1 Å². The molecule has 1 aromatic heterocycles. The Hall–Kier alpha value is -3.13. The lowest BCUT2D eigenvalue weighted by molar-refractivity contribution is -0.136. The second-order valence-electron chi connectivity index (χ2n) is 6.29. The van der Waals surface area contributed by atoms with Crippen LogP contribution >= 0.6 is 0 Å². The summed E-state index contributed by atoms with van der Waals surface area (Å²) in [5.74, 6) is -1.66. The number of furan rings is 1. The molecule has 3 N–H and O–H groups in total. The number of carbonyl (C=O) groups is 3. The maximum absolute atomic E-state index is 12.1. The van der Waals surface area contributed by atoms with E-state index in [0.29, 0.717) is 29.9 Å². The van der Waals surface area contributed by atoms with Gasteiger partial charge in [0.25, 0.3) is 0 Å². The maximum Gasteiger partial charge on any atom is 0.313 e. The number of piperidine rings is 1. The molecule has 8 heteroatoms. The van der Waals surface area contributed by atoms with E-state index in [1.165, 1.54) is 12.5 Å². The first-order chi connectivity index (χ1) is 13.0. The molecule has 3 rings (SSSR count). The number of amides is 3. The molecule has 1 aliphatic heterocycles. The van der Waals surface area contributed by atoms with E-state index in [-0.39, 0.29) is 12.5 Å². The molecular weight excluding hydrogens is 350 g/mol. The second-order valence-corrected chi connectivity index (χ2v) is 6.29. The zero-order valence-corrected chi connectivity index (χ0v) is 14.7. The predicted molar refractivity (Wildman–Crippen MR) is 98.0 cm³/mol. The standard InChI is InChI=1S/C19H21N3O5/c23-16(13-7-9-27-12-13)11-20-18(25)19(26)21-14-4-3-5-15(10-14)22-8-2-1-6-17(22)24/h3-5,7,9-10,12,16,23H,1-2,6,8,11H2,(H,20,25)(H,21,26). The van der Waals surface area contributed by atoms with Gasteiger partial charge in [-0.25, -0.2) is 0 Å². The van der Waals surface area contributed by atoms with Crippen molar-refractivity contribution < 1.29 is 23.9 Å². The lowest BCUT2D eigenvalue weighted by Gasteiger charge is -2.27. The third kappa shape index (κ3) is 4.73. The van der Waals surface area contributed by atoms with Crippen LogP contribution in [-0.4, -0.2) is 35.9 Å². The molecule has 0 radical (unpaired) electrons. The predicted octanol–water partition coefficient (Wildman–Crippen LogP) is 1.58. The van der Waals surface area contributed by atoms with E-state index < -0.39 is 17.9 Å². The molecule has 1 aliphatic rings. The highest BCUT2D eigenvalue weighted by atomic mass is 16.3. The quantitative estimate of drug-likeness (QED) is 0.691. The lowest BCUT2D eigenvalue weighted by Crippen LogP contribution is -2.37. The Bertz CT molecular complexity index is 819. The lowest BCUT2D eigenvalue weighted by atomic mass is 10.1.